The molecule has 3 rings (SSSR count). The van der Waals surface area contributed by atoms with E-state index in [1.54, 1.807) is 49.4 Å². The van der Waals surface area contributed by atoms with Crippen molar-refractivity contribution in [3.8, 4) is 5.75 Å². The molecule has 0 radical (unpaired) electrons. The Labute approximate surface area is 207 Å². The van der Waals surface area contributed by atoms with Crippen LogP contribution in [0.15, 0.2) is 83.8 Å². The van der Waals surface area contributed by atoms with Gasteiger partial charge in [0.05, 0.1) is 16.1 Å². The van der Waals surface area contributed by atoms with Crippen molar-refractivity contribution in [1.29, 1.82) is 0 Å². The number of sulfonamides is 1. The van der Waals surface area contributed by atoms with E-state index in [1.807, 2.05) is 0 Å². The van der Waals surface area contributed by atoms with Crippen molar-refractivity contribution in [3.05, 3.63) is 95.6 Å². The summed E-state index contributed by atoms with van der Waals surface area (Å²) in [7, 11) is -4.07. The van der Waals surface area contributed by atoms with Crippen LogP contribution in [0.1, 0.15) is 30.0 Å². The molecule has 0 aliphatic rings. The molecule has 0 aromatic heterocycles. The summed E-state index contributed by atoms with van der Waals surface area (Å²) in [5, 5.41) is 8.72. The number of carboxylic acid groups (broad SMARTS) is 1. The largest absolute Gasteiger partial charge is 0.487 e. The number of carboxylic acids is 1. The number of nitrogens with zero attached hydrogens (tertiary/aromatic N) is 1. The number of halogens is 3. The van der Waals surface area contributed by atoms with E-state index in [4.69, 9.17) is 9.84 Å². The fourth-order valence-corrected chi connectivity index (χ4v) is 4.95. The van der Waals surface area contributed by atoms with Gasteiger partial charge in [0, 0.05) is 12.6 Å². The highest BCUT2D eigenvalue weighted by atomic mass is 32.2. The van der Waals surface area contributed by atoms with Crippen LogP contribution in [0, 0.1) is 0 Å². The number of benzene rings is 3. The normalized spacial score (nSPS) is 12.0. The molecule has 190 valence electrons. The third kappa shape index (κ3) is 6.66. The molecule has 3 aromatic rings. The summed E-state index contributed by atoms with van der Waals surface area (Å²) in [5.41, 5.74) is 0.237. The molecule has 0 heterocycles. The van der Waals surface area contributed by atoms with Crippen molar-refractivity contribution < 1.29 is 36.2 Å². The van der Waals surface area contributed by atoms with Crippen molar-refractivity contribution in [2.24, 2.45) is 0 Å². The monoisotopic (exact) mass is 519 g/mol. The van der Waals surface area contributed by atoms with Gasteiger partial charge in [-0.2, -0.15) is 13.2 Å². The molecule has 0 atom stereocenters. The second-order valence-electron chi connectivity index (χ2n) is 7.77. The molecule has 0 amide bonds. The van der Waals surface area contributed by atoms with Crippen LogP contribution in [0.5, 0.6) is 5.75 Å². The van der Waals surface area contributed by atoms with E-state index >= 15 is 0 Å². The summed E-state index contributed by atoms with van der Waals surface area (Å²) in [5.74, 6) is -1.32. The molecule has 0 aliphatic carbocycles. The van der Waals surface area contributed by atoms with E-state index in [2.05, 4.69) is 0 Å². The number of aliphatic carboxylic acids is 1. The number of anilines is 1. The molecular weight excluding hydrogens is 495 g/mol. The van der Waals surface area contributed by atoms with Crippen LogP contribution in [-0.4, -0.2) is 26.0 Å². The van der Waals surface area contributed by atoms with Crippen LogP contribution < -0.4 is 9.04 Å². The predicted molar refractivity (Wildman–Crippen MR) is 130 cm³/mol. The van der Waals surface area contributed by atoms with Crippen molar-refractivity contribution >= 4 is 27.8 Å². The Bertz CT molecular complexity index is 1320. The summed E-state index contributed by atoms with van der Waals surface area (Å²) >= 11 is 0. The molecule has 36 heavy (non-hydrogen) atoms. The fourth-order valence-electron chi connectivity index (χ4n) is 3.36. The van der Waals surface area contributed by atoms with Gasteiger partial charge in [-0.1, -0.05) is 49.4 Å². The third-order valence-electron chi connectivity index (χ3n) is 5.11. The lowest BCUT2D eigenvalue weighted by Crippen LogP contribution is -2.32. The SMILES string of the molecule is CCCN(c1ccc(C(F)(F)F)cc1OCc1ccc(C=CC(=O)O)cc1)S(=O)(=O)c1ccccc1. The summed E-state index contributed by atoms with van der Waals surface area (Å²) < 4.78 is 73.9. The topological polar surface area (TPSA) is 83.9 Å². The second-order valence-corrected chi connectivity index (χ2v) is 9.63. The van der Waals surface area contributed by atoms with Gasteiger partial charge in [-0.3, -0.25) is 4.31 Å². The minimum Gasteiger partial charge on any atom is -0.487 e. The average Bonchev–Trinajstić information content (AvgIpc) is 2.85. The van der Waals surface area contributed by atoms with Crippen LogP contribution >= 0.6 is 0 Å². The lowest BCUT2D eigenvalue weighted by molar-refractivity contribution is -0.137. The van der Waals surface area contributed by atoms with Crippen LogP contribution in [0.3, 0.4) is 0 Å². The zero-order chi connectivity index (χ0) is 26.3. The van der Waals surface area contributed by atoms with Gasteiger partial charge in [0.25, 0.3) is 10.0 Å². The van der Waals surface area contributed by atoms with Gasteiger partial charge in [-0.15, -0.1) is 0 Å². The van der Waals surface area contributed by atoms with Gasteiger partial charge < -0.3 is 9.84 Å². The maximum atomic E-state index is 13.4. The Morgan fingerprint density at radius 3 is 2.28 bits per heavy atom. The molecule has 0 fully saturated rings. The van der Waals surface area contributed by atoms with Crippen LogP contribution in [-0.2, 0) is 27.6 Å². The maximum Gasteiger partial charge on any atom is 0.416 e. The fraction of sp³-hybridized carbons (Fsp3) is 0.192. The molecule has 0 saturated heterocycles. The number of alkyl halides is 3. The van der Waals surface area contributed by atoms with Crippen molar-refractivity contribution in [3.63, 3.8) is 0 Å². The summed E-state index contributed by atoms with van der Waals surface area (Å²) in [6.07, 6.45) is -1.86. The smallest absolute Gasteiger partial charge is 0.416 e. The summed E-state index contributed by atoms with van der Waals surface area (Å²) in [4.78, 5) is 10.7. The van der Waals surface area contributed by atoms with E-state index in [1.165, 1.54) is 18.2 Å². The van der Waals surface area contributed by atoms with Gasteiger partial charge in [-0.05, 0) is 54.0 Å². The van der Waals surface area contributed by atoms with Gasteiger partial charge in [0.1, 0.15) is 12.4 Å². The Balaban J connectivity index is 1.98. The highest BCUT2D eigenvalue weighted by Gasteiger charge is 2.33. The molecular formula is C26H24F3NO5S. The number of carbonyl (C=O) groups is 1. The lowest BCUT2D eigenvalue weighted by Gasteiger charge is -2.27. The van der Waals surface area contributed by atoms with Crippen molar-refractivity contribution in [1.82, 2.24) is 0 Å². The van der Waals surface area contributed by atoms with Crippen LogP contribution in [0.2, 0.25) is 0 Å². The molecule has 1 N–H and O–H groups in total. The average molecular weight is 520 g/mol. The molecule has 10 heteroatoms. The Morgan fingerprint density at radius 1 is 1.03 bits per heavy atom. The summed E-state index contributed by atoms with van der Waals surface area (Å²) in [6.45, 7) is 1.66. The zero-order valence-corrected chi connectivity index (χ0v) is 20.1. The number of hydrogen-bond donors (Lipinski definition) is 1. The zero-order valence-electron chi connectivity index (χ0n) is 19.3. The minimum absolute atomic E-state index is 0.00489. The standard InChI is InChI=1S/C26H24F3NO5S/c1-2-16-30(36(33,34)22-6-4-3-5-7-22)23-14-13-21(26(27,28)29)17-24(23)35-18-20-10-8-19(9-11-20)12-15-25(31)32/h3-15,17H,2,16,18H2,1H3,(H,31,32). The maximum absolute atomic E-state index is 13.4. The lowest BCUT2D eigenvalue weighted by atomic mass is 10.1. The first kappa shape index (κ1) is 26.8. The second kappa shape index (κ2) is 11.3. The molecule has 6 nitrogen and oxygen atoms in total. The molecule has 0 unspecified atom stereocenters. The van der Waals surface area contributed by atoms with Crippen LogP contribution in [0.25, 0.3) is 6.08 Å². The molecule has 3 aromatic carbocycles. The first-order valence-corrected chi connectivity index (χ1v) is 12.4. The minimum atomic E-state index is -4.65. The Hall–Kier alpha value is -3.79. The van der Waals surface area contributed by atoms with E-state index in [0.29, 0.717) is 17.5 Å². The highest BCUT2D eigenvalue weighted by Crippen LogP contribution is 2.39. The van der Waals surface area contributed by atoms with Gasteiger partial charge in [0.2, 0.25) is 0 Å². The first-order chi connectivity index (χ1) is 17.0. The van der Waals surface area contributed by atoms with E-state index in [0.717, 1.165) is 28.6 Å². The molecule has 0 bridgehead atoms. The molecule has 0 spiro atoms. The Morgan fingerprint density at radius 2 is 1.69 bits per heavy atom. The van der Waals surface area contributed by atoms with Crippen LogP contribution in [0.4, 0.5) is 18.9 Å². The first-order valence-electron chi connectivity index (χ1n) is 10.9. The van der Waals surface area contributed by atoms with Crippen molar-refractivity contribution in [2.45, 2.75) is 31.0 Å². The predicted octanol–water partition coefficient (Wildman–Crippen LogP) is 5.99. The quantitative estimate of drug-likeness (QED) is 0.333. The van der Waals surface area contributed by atoms with Crippen molar-refractivity contribution in [2.75, 3.05) is 10.8 Å². The molecule has 0 aliphatic heterocycles. The summed E-state index contributed by atoms with van der Waals surface area (Å²) in [6, 6.07) is 16.9. The third-order valence-corrected chi connectivity index (χ3v) is 6.93. The highest BCUT2D eigenvalue weighted by molar-refractivity contribution is 7.92. The molecule has 0 saturated carbocycles. The van der Waals surface area contributed by atoms with E-state index in [9.17, 15) is 26.4 Å². The number of ether oxygens (including phenoxy) is 1. The number of hydrogen-bond acceptors (Lipinski definition) is 4. The van der Waals surface area contributed by atoms with E-state index in [-0.39, 0.29) is 29.5 Å². The Kier molecular flexibility index (Phi) is 8.41. The van der Waals surface area contributed by atoms with Gasteiger partial charge in [0.15, 0.2) is 0 Å². The van der Waals surface area contributed by atoms with E-state index < -0.39 is 27.7 Å². The van der Waals surface area contributed by atoms with Gasteiger partial charge in [-0.25, -0.2) is 13.2 Å². The van der Waals surface area contributed by atoms with Gasteiger partial charge >= 0.3 is 12.1 Å². The number of rotatable bonds is 10.